The summed E-state index contributed by atoms with van der Waals surface area (Å²) < 4.78 is 0. The second-order valence-electron chi connectivity index (χ2n) is 3.72. The molecule has 1 unspecified atom stereocenters. The van der Waals surface area contributed by atoms with Gasteiger partial charge in [-0.25, -0.2) is 9.97 Å². The molecule has 0 spiro atoms. The van der Waals surface area contributed by atoms with E-state index in [1.54, 1.807) is 0 Å². The van der Waals surface area contributed by atoms with Crippen LogP contribution >= 0.6 is 11.8 Å². The molecule has 0 aliphatic rings. The second kappa shape index (κ2) is 5.30. The fourth-order valence-corrected chi connectivity index (χ4v) is 2.18. The third-order valence-corrected chi connectivity index (χ3v) is 3.79. The van der Waals surface area contributed by atoms with E-state index in [1.807, 2.05) is 27.7 Å². The number of nitrogens with two attached hydrogens (primary N) is 1. The molecule has 1 aromatic heterocycles. The number of amides is 1. The predicted octanol–water partition coefficient (Wildman–Crippen LogP) is 1.76. The second-order valence-corrected chi connectivity index (χ2v) is 4.89. The Hall–Kier alpha value is -1.10. The number of thioether (sulfide) groups is 1. The molecule has 0 aliphatic heterocycles. The molecule has 1 aromatic rings. The third-order valence-electron chi connectivity index (χ3n) is 2.55. The van der Waals surface area contributed by atoms with Crippen LogP contribution < -0.4 is 5.73 Å². The summed E-state index contributed by atoms with van der Waals surface area (Å²) in [6.45, 7) is 7.80. The van der Waals surface area contributed by atoms with Crippen LogP contribution in [0.4, 0.5) is 0 Å². The van der Waals surface area contributed by atoms with Crippen molar-refractivity contribution in [1.29, 1.82) is 0 Å². The number of carbonyl (C=O) groups is 1. The van der Waals surface area contributed by atoms with E-state index in [2.05, 4.69) is 9.97 Å². The summed E-state index contributed by atoms with van der Waals surface area (Å²) in [5, 5.41) is 0.382. The van der Waals surface area contributed by atoms with Gasteiger partial charge in [0.2, 0.25) is 5.91 Å². The van der Waals surface area contributed by atoms with Gasteiger partial charge in [-0.05, 0) is 32.8 Å². The molecule has 0 bridgehead atoms. The average molecular weight is 239 g/mol. The van der Waals surface area contributed by atoms with Crippen LogP contribution in [0.25, 0.3) is 0 Å². The van der Waals surface area contributed by atoms with E-state index >= 15 is 0 Å². The van der Waals surface area contributed by atoms with Gasteiger partial charge in [0, 0.05) is 11.4 Å². The lowest BCUT2D eigenvalue weighted by Gasteiger charge is -2.11. The van der Waals surface area contributed by atoms with E-state index in [0.717, 1.165) is 17.0 Å². The first-order valence-corrected chi connectivity index (χ1v) is 6.11. The molecule has 0 radical (unpaired) electrons. The van der Waals surface area contributed by atoms with Gasteiger partial charge in [0.25, 0.3) is 0 Å². The molecule has 1 rings (SSSR count). The van der Waals surface area contributed by atoms with E-state index < -0.39 is 0 Å². The van der Waals surface area contributed by atoms with Crippen LogP contribution in [0.1, 0.15) is 30.3 Å². The minimum absolute atomic E-state index is 0.249. The molecular weight excluding hydrogens is 222 g/mol. The van der Waals surface area contributed by atoms with Gasteiger partial charge in [-0.3, -0.25) is 4.79 Å². The summed E-state index contributed by atoms with van der Waals surface area (Å²) in [6.07, 6.45) is 0.690. The summed E-state index contributed by atoms with van der Waals surface area (Å²) in [5.41, 5.74) is 8.29. The third kappa shape index (κ3) is 2.95. The molecule has 0 saturated heterocycles. The van der Waals surface area contributed by atoms with Crippen molar-refractivity contribution in [3.63, 3.8) is 0 Å². The minimum Gasteiger partial charge on any atom is -0.369 e. The lowest BCUT2D eigenvalue weighted by Crippen LogP contribution is -2.25. The SMILES string of the molecule is CCC(Sc1nc(C)c(C)c(C)n1)C(N)=O. The number of aromatic nitrogens is 2. The van der Waals surface area contributed by atoms with Crippen molar-refractivity contribution < 1.29 is 4.79 Å². The summed E-state index contributed by atoms with van der Waals surface area (Å²) in [7, 11) is 0. The van der Waals surface area contributed by atoms with Crippen LogP contribution in [0.15, 0.2) is 5.16 Å². The van der Waals surface area contributed by atoms with Crippen molar-refractivity contribution >= 4 is 17.7 Å². The number of rotatable bonds is 4. The van der Waals surface area contributed by atoms with Crippen LogP contribution in [-0.2, 0) is 4.79 Å². The van der Waals surface area contributed by atoms with Crippen LogP contribution in [-0.4, -0.2) is 21.1 Å². The van der Waals surface area contributed by atoms with Crippen LogP contribution in [0, 0.1) is 20.8 Å². The van der Waals surface area contributed by atoms with Crippen LogP contribution in [0.2, 0.25) is 0 Å². The van der Waals surface area contributed by atoms with Crippen molar-refractivity contribution in [3.05, 3.63) is 17.0 Å². The number of hydrogen-bond donors (Lipinski definition) is 1. The Morgan fingerprint density at radius 1 is 1.31 bits per heavy atom. The molecule has 1 amide bonds. The zero-order valence-electron chi connectivity index (χ0n) is 10.1. The number of carbonyl (C=O) groups excluding carboxylic acids is 1. The molecular formula is C11H17N3OS. The van der Waals surface area contributed by atoms with Crippen LogP contribution in [0.5, 0.6) is 0 Å². The smallest absolute Gasteiger partial charge is 0.231 e. The minimum atomic E-state index is -0.313. The summed E-state index contributed by atoms with van der Waals surface area (Å²) in [6, 6.07) is 0. The lowest BCUT2D eigenvalue weighted by atomic mass is 10.2. The highest BCUT2D eigenvalue weighted by Gasteiger charge is 2.17. The van der Waals surface area contributed by atoms with Crippen molar-refractivity contribution in [2.45, 2.75) is 44.5 Å². The molecule has 88 valence electrons. The maximum absolute atomic E-state index is 11.1. The standard InChI is InChI=1S/C11H17N3OS/c1-5-9(10(12)15)16-11-13-7(3)6(2)8(4)14-11/h9H,5H2,1-4H3,(H2,12,15). The Kier molecular flexibility index (Phi) is 4.29. The van der Waals surface area contributed by atoms with E-state index in [4.69, 9.17) is 5.73 Å². The maximum atomic E-state index is 11.1. The monoisotopic (exact) mass is 239 g/mol. The quantitative estimate of drug-likeness (QED) is 0.642. The van der Waals surface area contributed by atoms with Gasteiger partial charge in [0.1, 0.15) is 0 Å². The van der Waals surface area contributed by atoms with Crippen molar-refractivity contribution in [3.8, 4) is 0 Å². The first-order valence-electron chi connectivity index (χ1n) is 5.23. The molecule has 5 heteroatoms. The highest BCUT2D eigenvalue weighted by Crippen LogP contribution is 2.23. The Morgan fingerprint density at radius 2 is 1.81 bits per heavy atom. The fourth-order valence-electron chi connectivity index (χ4n) is 1.26. The van der Waals surface area contributed by atoms with Gasteiger partial charge in [-0.15, -0.1) is 0 Å². The summed E-state index contributed by atoms with van der Waals surface area (Å²) >= 11 is 1.34. The fraction of sp³-hybridized carbons (Fsp3) is 0.545. The maximum Gasteiger partial charge on any atom is 0.231 e. The molecule has 1 atom stereocenters. The Balaban J connectivity index is 2.93. The van der Waals surface area contributed by atoms with Gasteiger partial charge in [-0.2, -0.15) is 0 Å². The van der Waals surface area contributed by atoms with Gasteiger partial charge in [0.15, 0.2) is 5.16 Å². The molecule has 2 N–H and O–H groups in total. The van der Waals surface area contributed by atoms with Crippen LogP contribution in [0.3, 0.4) is 0 Å². The number of hydrogen-bond acceptors (Lipinski definition) is 4. The zero-order chi connectivity index (χ0) is 12.3. The van der Waals surface area contributed by atoms with Gasteiger partial charge < -0.3 is 5.73 Å². The molecule has 1 heterocycles. The van der Waals surface area contributed by atoms with E-state index in [0.29, 0.717) is 11.6 Å². The largest absolute Gasteiger partial charge is 0.369 e. The molecule has 0 aliphatic carbocycles. The normalized spacial score (nSPS) is 12.5. The van der Waals surface area contributed by atoms with Gasteiger partial charge >= 0.3 is 0 Å². The highest BCUT2D eigenvalue weighted by molar-refractivity contribution is 8.00. The van der Waals surface area contributed by atoms with Gasteiger partial charge in [0.05, 0.1) is 5.25 Å². The molecule has 16 heavy (non-hydrogen) atoms. The van der Waals surface area contributed by atoms with Crippen molar-refractivity contribution in [1.82, 2.24) is 9.97 Å². The van der Waals surface area contributed by atoms with E-state index in [-0.39, 0.29) is 11.2 Å². The first-order chi connectivity index (χ1) is 7.45. The first kappa shape index (κ1) is 13.0. The zero-order valence-corrected chi connectivity index (χ0v) is 10.9. The van der Waals surface area contributed by atoms with Gasteiger partial charge in [-0.1, -0.05) is 18.7 Å². The topological polar surface area (TPSA) is 68.9 Å². The Bertz CT molecular complexity index is 383. The Morgan fingerprint density at radius 3 is 2.19 bits per heavy atom. The molecule has 0 aromatic carbocycles. The number of aryl methyl sites for hydroxylation is 2. The molecule has 4 nitrogen and oxygen atoms in total. The lowest BCUT2D eigenvalue weighted by molar-refractivity contribution is -0.117. The molecule has 0 fully saturated rings. The summed E-state index contributed by atoms with van der Waals surface area (Å²) in [5.74, 6) is -0.313. The molecule has 0 saturated carbocycles. The van der Waals surface area contributed by atoms with Crippen molar-refractivity contribution in [2.24, 2.45) is 5.73 Å². The highest BCUT2D eigenvalue weighted by atomic mass is 32.2. The number of nitrogens with zero attached hydrogens (tertiary/aromatic N) is 2. The summed E-state index contributed by atoms with van der Waals surface area (Å²) in [4.78, 5) is 19.8. The van der Waals surface area contributed by atoms with E-state index in [1.165, 1.54) is 11.8 Å². The predicted molar refractivity (Wildman–Crippen MR) is 65.4 cm³/mol. The van der Waals surface area contributed by atoms with E-state index in [9.17, 15) is 4.79 Å². The van der Waals surface area contributed by atoms with Crippen molar-refractivity contribution in [2.75, 3.05) is 0 Å². The number of primary amides is 1. The average Bonchev–Trinajstić information content (AvgIpc) is 2.21. The Labute approximate surface area is 100 Å².